The summed E-state index contributed by atoms with van der Waals surface area (Å²) >= 11 is 0. The molecule has 0 amide bonds. The normalized spacial score (nSPS) is 19.8. The van der Waals surface area contributed by atoms with Crippen molar-refractivity contribution in [1.29, 1.82) is 0 Å². The van der Waals surface area contributed by atoms with Crippen LogP contribution in [0.5, 0.6) is 0 Å². The summed E-state index contributed by atoms with van der Waals surface area (Å²) in [6.07, 6.45) is 10.6. The summed E-state index contributed by atoms with van der Waals surface area (Å²) in [6, 6.07) is 9.87. The first-order chi connectivity index (χ1) is 14.5. The topological polar surface area (TPSA) is 0 Å². The van der Waals surface area contributed by atoms with Crippen LogP contribution in [-0.2, 0) is 6.42 Å². The zero-order valence-corrected chi connectivity index (χ0v) is 18.0. The van der Waals surface area contributed by atoms with Gasteiger partial charge in [-0.15, -0.1) is 0 Å². The molecule has 1 atom stereocenters. The lowest BCUT2D eigenvalue weighted by Crippen LogP contribution is -2.21. The third-order valence-electron chi connectivity index (χ3n) is 6.51. The second kappa shape index (κ2) is 10.7. The maximum atomic E-state index is 13.3. The average Bonchev–Trinajstić information content (AvgIpc) is 2.75. The van der Waals surface area contributed by atoms with Crippen LogP contribution < -0.4 is 0 Å². The summed E-state index contributed by atoms with van der Waals surface area (Å²) in [5.41, 5.74) is 2.19. The van der Waals surface area contributed by atoms with E-state index in [1.54, 1.807) is 0 Å². The van der Waals surface area contributed by atoms with Crippen LogP contribution in [0.3, 0.4) is 0 Å². The van der Waals surface area contributed by atoms with Gasteiger partial charge in [0, 0.05) is 11.1 Å². The minimum absolute atomic E-state index is 0.124. The zero-order valence-electron chi connectivity index (χ0n) is 18.0. The molecule has 1 fully saturated rings. The number of unbranched alkanes of at least 4 members (excludes halogenated alkanes) is 1. The van der Waals surface area contributed by atoms with E-state index < -0.39 is 17.5 Å². The molecular weight excluding hydrogens is 381 g/mol. The highest BCUT2D eigenvalue weighted by Gasteiger charge is 2.24. The molecule has 2 aromatic rings. The van der Waals surface area contributed by atoms with Crippen LogP contribution in [0.25, 0.3) is 0 Å². The van der Waals surface area contributed by atoms with Crippen LogP contribution in [0.2, 0.25) is 0 Å². The van der Waals surface area contributed by atoms with Crippen LogP contribution in [0.15, 0.2) is 36.4 Å². The third-order valence-corrected chi connectivity index (χ3v) is 6.51. The molecule has 1 aliphatic rings. The average molecular weight is 413 g/mol. The van der Waals surface area contributed by atoms with Crippen LogP contribution in [-0.4, -0.2) is 0 Å². The highest BCUT2D eigenvalue weighted by molar-refractivity contribution is 5.43. The highest BCUT2D eigenvalue weighted by atomic mass is 19.2. The van der Waals surface area contributed by atoms with Gasteiger partial charge in [-0.05, 0) is 66.8 Å². The van der Waals surface area contributed by atoms with Crippen LogP contribution >= 0.6 is 0 Å². The Bertz CT molecular complexity index is 858. The molecule has 0 heterocycles. The fourth-order valence-electron chi connectivity index (χ4n) is 4.57. The maximum absolute atomic E-state index is 13.3. The lowest BCUT2D eigenvalue weighted by atomic mass is 9.73. The first kappa shape index (κ1) is 22.5. The zero-order chi connectivity index (χ0) is 21.5. The van der Waals surface area contributed by atoms with Gasteiger partial charge in [0.25, 0.3) is 0 Å². The molecule has 3 rings (SSSR count). The number of hydrogen-bond acceptors (Lipinski definition) is 0. The van der Waals surface area contributed by atoms with Crippen LogP contribution in [0, 0.1) is 47.0 Å². The van der Waals surface area contributed by atoms with Gasteiger partial charge in [-0.2, -0.15) is 0 Å². The number of hydrogen-bond donors (Lipinski definition) is 0. The first-order valence-corrected chi connectivity index (χ1v) is 11.2. The Morgan fingerprint density at radius 2 is 1.50 bits per heavy atom. The molecule has 0 radical (unpaired) electrons. The predicted molar refractivity (Wildman–Crippen MR) is 117 cm³/mol. The quantitative estimate of drug-likeness (QED) is 0.337. The molecule has 0 bridgehead atoms. The van der Waals surface area contributed by atoms with Crippen molar-refractivity contribution >= 4 is 0 Å². The van der Waals surface area contributed by atoms with Crippen molar-refractivity contribution in [3.8, 4) is 11.8 Å². The Morgan fingerprint density at radius 1 is 0.900 bits per heavy atom. The lowest BCUT2D eigenvalue weighted by Gasteiger charge is -2.32. The second-order valence-corrected chi connectivity index (χ2v) is 8.81. The van der Waals surface area contributed by atoms with Gasteiger partial charge in [0.15, 0.2) is 17.5 Å². The van der Waals surface area contributed by atoms with Crippen molar-refractivity contribution in [2.24, 2.45) is 17.8 Å². The third kappa shape index (κ3) is 6.14. The largest absolute Gasteiger partial charge is 0.204 e. The van der Waals surface area contributed by atoms with E-state index in [0.29, 0.717) is 5.92 Å². The molecular formula is C27H31F3. The van der Waals surface area contributed by atoms with E-state index in [9.17, 15) is 13.2 Å². The van der Waals surface area contributed by atoms with Gasteiger partial charge in [-0.1, -0.05) is 69.9 Å². The van der Waals surface area contributed by atoms with E-state index in [2.05, 4.69) is 37.8 Å². The summed E-state index contributed by atoms with van der Waals surface area (Å²) in [7, 11) is 0. The Balaban J connectivity index is 1.54. The minimum atomic E-state index is -1.46. The van der Waals surface area contributed by atoms with Gasteiger partial charge in [0.1, 0.15) is 0 Å². The van der Waals surface area contributed by atoms with E-state index in [0.717, 1.165) is 36.0 Å². The molecule has 1 aliphatic carbocycles. The monoisotopic (exact) mass is 412 g/mol. The molecule has 3 heteroatoms. The van der Waals surface area contributed by atoms with Gasteiger partial charge >= 0.3 is 0 Å². The molecule has 2 aromatic carbocycles. The van der Waals surface area contributed by atoms with Gasteiger partial charge in [-0.3, -0.25) is 0 Å². The summed E-state index contributed by atoms with van der Waals surface area (Å²) in [5.74, 6) is 4.11. The van der Waals surface area contributed by atoms with Crippen LogP contribution in [0.4, 0.5) is 13.2 Å². The summed E-state index contributed by atoms with van der Waals surface area (Å²) in [6.45, 7) is 4.63. The van der Waals surface area contributed by atoms with Crippen LogP contribution in [0.1, 0.15) is 75.5 Å². The molecule has 160 valence electrons. The van der Waals surface area contributed by atoms with E-state index in [-0.39, 0.29) is 5.56 Å². The Kier molecular flexibility index (Phi) is 8.02. The van der Waals surface area contributed by atoms with Gasteiger partial charge in [0.2, 0.25) is 0 Å². The fourth-order valence-corrected chi connectivity index (χ4v) is 4.57. The SMILES string of the molecule is CCCCC1CCC(C(C)Cc2ccc(C#Cc3cc(F)c(F)c(F)c3)cc2)CC1. The highest BCUT2D eigenvalue weighted by Crippen LogP contribution is 2.36. The second-order valence-electron chi connectivity index (χ2n) is 8.81. The van der Waals surface area contributed by atoms with E-state index in [1.807, 2.05) is 12.1 Å². The molecule has 0 nitrogen and oxygen atoms in total. The molecule has 0 aromatic heterocycles. The van der Waals surface area contributed by atoms with Crippen molar-refractivity contribution < 1.29 is 13.2 Å². The van der Waals surface area contributed by atoms with E-state index in [4.69, 9.17) is 0 Å². The summed E-state index contributed by atoms with van der Waals surface area (Å²) < 4.78 is 39.6. The van der Waals surface area contributed by atoms with Gasteiger partial charge < -0.3 is 0 Å². The number of halogens is 3. The van der Waals surface area contributed by atoms with E-state index >= 15 is 0 Å². The maximum Gasteiger partial charge on any atom is 0.194 e. The van der Waals surface area contributed by atoms with Crippen molar-refractivity contribution in [3.63, 3.8) is 0 Å². The number of rotatable bonds is 6. The molecule has 0 saturated heterocycles. The molecule has 0 spiro atoms. The summed E-state index contributed by atoms with van der Waals surface area (Å²) in [4.78, 5) is 0. The molecule has 1 saturated carbocycles. The molecule has 0 N–H and O–H groups in total. The van der Waals surface area contributed by atoms with Crippen molar-refractivity contribution in [1.82, 2.24) is 0 Å². The minimum Gasteiger partial charge on any atom is -0.204 e. The first-order valence-electron chi connectivity index (χ1n) is 11.2. The number of benzene rings is 2. The van der Waals surface area contributed by atoms with Crippen molar-refractivity contribution in [2.75, 3.05) is 0 Å². The van der Waals surface area contributed by atoms with Gasteiger partial charge in [-0.25, -0.2) is 13.2 Å². The summed E-state index contributed by atoms with van der Waals surface area (Å²) in [5, 5.41) is 0. The fraction of sp³-hybridized carbons (Fsp3) is 0.481. The smallest absolute Gasteiger partial charge is 0.194 e. The predicted octanol–water partition coefficient (Wildman–Crippen LogP) is 7.68. The molecule has 1 unspecified atom stereocenters. The Hall–Kier alpha value is -2.21. The van der Waals surface area contributed by atoms with E-state index in [1.165, 1.54) is 50.5 Å². The standard InChI is InChI=1S/C27H31F3/c1-3-4-5-20-12-14-24(15-13-20)19(2)16-22-9-6-21(7-10-22)8-11-23-17-25(28)27(30)26(29)18-23/h6-7,9-10,17-20,24H,3-5,12-16H2,1-2H3. The Morgan fingerprint density at radius 3 is 2.10 bits per heavy atom. The Labute approximate surface area is 178 Å². The van der Waals surface area contributed by atoms with Crippen molar-refractivity contribution in [2.45, 2.75) is 65.2 Å². The molecule has 30 heavy (non-hydrogen) atoms. The van der Waals surface area contributed by atoms with Crippen molar-refractivity contribution in [3.05, 3.63) is 70.5 Å². The van der Waals surface area contributed by atoms with Gasteiger partial charge in [0.05, 0.1) is 0 Å². The lowest BCUT2D eigenvalue weighted by molar-refractivity contribution is 0.205. The molecule has 0 aliphatic heterocycles.